The summed E-state index contributed by atoms with van der Waals surface area (Å²) >= 11 is 6.20. The first-order valence-electron chi connectivity index (χ1n) is 6.87. The summed E-state index contributed by atoms with van der Waals surface area (Å²) in [5, 5.41) is 0.787. The minimum Gasteiger partial charge on any atom is -0.493 e. The number of benzene rings is 1. The highest BCUT2D eigenvalue weighted by molar-refractivity contribution is 6.30. The maximum Gasteiger partial charge on any atom is 0.127 e. The van der Waals surface area contributed by atoms with Crippen LogP contribution in [0.15, 0.2) is 12.1 Å². The summed E-state index contributed by atoms with van der Waals surface area (Å²) in [5.74, 6) is 2.28. The second-order valence-electron chi connectivity index (χ2n) is 5.68. The van der Waals surface area contributed by atoms with Gasteiger partial charge in [0.2, 0.25) is 0 Å². The molecule has 0 spiro atoms. The van der Waals surface area contributed by atoms with Gasteiger partial charge < -0.3 is 10.5 Å². The van der Waals surface area contributed by atoms with Crippen molar-refractivity contribution in [3.05, 3.63) is 28.3 Å². The molecule has 1 aromatic rings. The first-order chi connectivity index (χ1) is 8.66. The molecule has 3 unspecified atom stereocenters. The van der Waals surface area contributed by atoms with E-state index in [2.05, 4.69) is 6.92 Å². The number of ether oxygens (including phenoxy) is 1. The molecule has 0 bridgehead atoms. The van der Waals surface area contributed by atoms with Gasteiger partial charge in [-0.25, -0.2) is 0 Å². The van der Waals surface area contributed by atoms with Crippen LogP contribution in [0.1, 0.15) is 43.4 Å². The Hall–Kier alpha value is -0.730. The Kier molecular flexibility index (Phi) is 3.25. The normalized spacial score (nSPS) is 27.9. The fourth-order valence-corrected chi connectivity index (χ4v) is 3.73. The van der Waals surface area contributed by atoms with E-state index in [0.717, 1.165) is 29.4 Å². The van der Waals surface area contributed by atoms with Crippen molar-refractivity contribution in [2.24, 2.45) is 17.6 Å². The van der Waals surface area contributed by atoms with Gasteiger partial charge in [-0.2, -0.15) is 0 Å². The molecule has 0 aromatic heterocycles. The minimum absolute atomic E-state index is 0.0630. The van der Waals surface area contributed by atoms with Gasteiger partial charge in [-0.15, -0.1) is 0 Å². The van der Waals surface area contributed by atoms with Crippen LogP contribution < -0.4 is 10.5 Å². The molecule has 1 fully saturated rings. The van der Waals surface area contributed by atoms with Crippen LogP contribution >= 0.6 is 11.6 Å². The van der Waals surface area contributed by atoms with E-state index in [9.17, 15) is 0 Å². The molecule has 0 radical (unpaired) electrons. The van der Waals surface area contributed by atoms with Crippen molar-refractivity contribution >= 4 is 11.6 Å². The van der Waals surface area contributed by atoms with Gasteiger partial charge >= 0.3 is 0 Å². The van der Waals surface area contributed by atoms with Gasteiger partial charge in [-0.1, -0.05) is 31.4 Å². The lowest BCUT2D eigenvalue weighted by atomic mass is 9.85. The van der Waals surface area contributed by atoms with Crippen LogP contribution in [0.3, 0.4) is 0 Å². The average molecular weight is 266 g/mol. The highest BCUT2D eigenvalue weighted by Gasteiger charge is 2.32. The number of nitrogens with two attached hydrogens (primary N) is 1. The van der Waals surface area contributed by atoms with Gasteiger partial charge in [-0.3, -0.25) is 0 Å². The predicted octanol–water partition coefficient (Wildman–Crippen LogP) is 3.71. The highest BCUT2D eigenvalue weighted by atomic mass is 35.5. The number of halogens is 1. The number of hydrogen-bond acceptors (Lipinski definition) is 2. The first kappa shape index (κ1) is 12.3. The van der Waals surface area contributed by atoms with Crippen molar-refractivity contribution in [2.75, 3.05) is 6.61 Å². The van der Waals surface area contributed by atoms with Crippen molar-refractivity contribution in [2.45, 2.75) is 38.6 Å². The lowest BCUT2D eigenvalue weighted by molar-refractivity contribution is 0.323. The van der Waals surface area contributed by atoms with Crippen molar-refractivity contribution in [3.8, 4) is 5.75 Å². The smallest absolute Gasteiger partial charge is 0.127 e. The Morgan fingerprint density at radius 1 is 1.39 bits per heavy atom. The molecule has 1 aliphatic carbocycles. The van der Waals surface area contributed by atoms with E-state index >= 15 is 0 Å². The molecule has 3 heteroatoms. The van der Waals surface area contributed by atoms with Crippen LogP contribution in [0.25, 0.3) is 0 Å². The van der Waals surface area contributed by atoms with Gasteiger partial charge in [0.1, 0.15) is 5.75 Å². The largest absolute Gasteiger partial charge is 0.493 e. The fourth-order valence-electron chi connectivity index (χ4n) is 3.48. The average Bonchev–Trinajstić information content (AvgIpc) is 2.95. The van der Waals surface area contributed by atoms with Gasteiger partial charge in [0, 0.05) is 23.0 Å². The summed E-state index contributed by atoms with van der Waals surface area (Å²) in [7, 11) is 0. The van der Waals surface area contributed by atoms with E-state index in [1.165, 1.54) is 24.8 Å². The lowest BCUT2D eigenvalue weighted by Crippen LogP contribution is -2.23. The molecule has 2 aliphatic rings. The topological polar surface area (TPSA) is 35.2 Å². The molecule has 98 valence electrons. The zero-order valence-electron chi connectivity index (χ0n) is 10.8. The summed E-state index contributed by atoms with van der Waals surface area (Å²) in [5.41, 5.74) is 8.83. The Labute approximate surface area is 113 Å². The maximum atomic E-state index is 6.49. The molecular formula is C15H20ClNO. The van der Waals surface area contributed by atoms with Crippen LogP contribution in [0.5, 0.6) is 5.75 Å². The summed E-state index contributed by atoms with van der Waals surface area (Å²) in [6.45, 7) is 3.07. The Morgan fingerprint density at radius 2 is 2.22 bits per heavy atom. The van der Waals surface area contributed by atoms with Crippen LogP contribution in [-0.4, -0.2) is 6.61 Å². The lowest BCUT2D eigenvalue weighted by Gasteiger charge is -2.25. The summed E-state index contributed by atoms with van der Waals surface area (Å²) < 4.78 is 5.76. The van der Waals surface area contributed by atoms with E-state index in [0.29, 0.717) is 11.8 Å². The zero-order chi connectivity index (χ0) is 12.7. The van der Waals surface area contributed by atoms with Gasteiger partial charge in [-0.05, 0) is 36.0 Å². The fraction of sp³-hybridized carbons (Fsp3) is 0.600. The Bertz CT molecular complexity index is 460. The maximum absolute atomic E-state index is 6.49. The Morgan fingerprint density at radius 3 is 2.94 bits per heavy atom. The van der Waals surface area contributed by atoms with E-state index in [1.54, 1.807) is 0 Å². The molecule has 3 rings (SSSR count). The second kappa shape index (κ2) is 4.75. The molecular weight excluding hydrogens is 246 g/mol. The van der Waals surface area contributed by atoms with Crippen LogP contribution in [0.4, 0.5) is 0 Å². The number of fused-ring (bicyclic) bond motifs is 1. The Balaban J connectivity index is 1.96. The van der Waals surface area contributed by atoms with Crippen molar-refractivity contribution in [3.63, 3.8) is 0 Å². The third-order valence-corrected chi connectivity index (χ3v) is 4.74. The molecule has 1 aliphatic heterocycles. The monoisotopic (exact) mass is 265 g/mol. The standard InChI is InChI=1S/C15H20ClNO/c1-9-3-2-4-12(9)14(17)13-8-11(16)7-10-5-6-18-15(10)13/h7-9,12,14H,2-6,17H2,1H3. The molecule has 2 nitrogen and oxygen atoms in total. The van der Waals surface area contributed by atoms with Gasteiger partial charge in [0.15, 0.2) is 0 Å². The number of hydrogen-bond donors (Lipinski definition) is 1. The molecule has 1 saturated carbocycles. The summed E-state index contributed by atoms with van der Waals surface area (Å²) in [4.78, 5) is 0. The van der Waals surface area contributed by atoms with Crippen LogP contribution in [0.2, 0.25) is 5.02 Å². The van der Waals surface area contributed by atoms with Gasteiger partial charge in [0.25, 0.3) is 0 Å². The molecule has 1 heterocycles. The van der Waals surface area contributed by atoms with E-state index in [1.807, 2.05) is 12.1 Å². The molecule has 3 atom stereocenters. The highest BCUT2D eigenvalue weighted by Crippen LogP contribution is 2.44. The van der Waals surface area contributed by atoms with E-state index in [4.69, 9.17) is 22.1 Å². The predicted molar refractivity (Wildman–Crippen MR) is 74.1 cm³/mol. The summed E-state index contributed by atoms with van der Waals surface area (Å²) in [6, 6.07) is 4.08. The quantitative estimate of drug-likeness (QED) is 0.885. The third kappa shape index (κ3) is 2.02. The zero-order valence-corrected chi connectivity index (χ0v) is 11.5. The molecule has 2 N–H and O–H groups in total. The van der Waals surface area contributed by atoms with Crippen molar-refractivity contribution in [1.29, 1.82) is 0 Å². The van der Waals surface area contributed by atoms with Crippen LogP contribution in [0, 0.1) is 11.8 Å². The van der Waals surface area contributed by atoms with E-state index < -0.39 is 0 Å². The SMILES string of the molecule is CC1CCCC1C(N)c1cc(Cl)cc2c1OCC2. The molecule has 0 saturated heterocycles. The van der Waals surface area contributed by atoms with Crippen molar-refractivity contribution < 1.29 is 4.74 Å². The van der Waals surface area contributed by atoms with Gasteiger partial charge in [0.05, 0.1) is 6.61 Å². The minimum atomic E-state index is 0.0630. The summed E-state index contributed by atoms with van der Waals surface area (Å²) in [6.07, 6.45) is 4.77. The number of rotatable bonds is 2. The molecule has 1 aromatic carbocycles. The first-order valence-corrected chi connectivity index (χ1v) is 7.25. The van der Waals surface area contributed by atoms with E-state index in [-0.39, 0.29) is 6.04 Å². The van der Waals surface area contributed by atoms with Crippen LogP contribution in [-0.2, 0) is 6.42 Å². The van der Waals surface area contributed by atoms with Crippen molar-refractivity contribution in [1.82, 2.24) is 0 Å². The second-order valence-corrected chi connectivity index (χ2v) is 6.12. The molecule has 0 amide bonds. The third-order valence-electron chi connectivity index (χ3n) is 4.53. The molecule has 18 heavy (non-hydrogen) atoms.